The van der Waals surface area contributed by atoms with Crippen molar-refractivity contribution < 1.29 is 5.11 Å². The van der Waals surface area contributed by atoms with E-state index in [4.69, 9.17) is 5.73 Å². The van der Waals surface area contributed by atoms with Gasteiger partial charge in [0.1, 0.15) is 0 Å². The van der Waals surface area contributed by atoms with Gasteiger partial charge in [-0.2, -0.15) is 0 Å². The number of nitrogens with zero attached hydrogens (tertiary/aromatic N) is 1. The molecule has 0 aromatic rings. The van der Waals surface area contributed by atoms with Crippen molar-refractivity contribution in [3.05, 3.63) is 0 Å². The minimum atomic E-state index is -0.116. The van der Waals surface area contributed by atoms with Crippen LogP contribution in [0, 0.1) is 5.92 Å². The predicted octanol–water partition coefficient (Wildman–Crippen LogP) is 0.959. The van der Waals surface area contributed by atoms with Gasteiger partial charge in [0.2, 0.25) is 0 Å². The van der Waals surface area contributed by atoms with Gasteiger partial charge < -0.3 is 10.8 Å². The highest BCUT2D eigenvalue weighted by Crippen LogP contribution is 2.26. The molecule has 1 aliphatic carbocycles. The third kappa shape index (κ3) is 2.71. The van der Waals surface area contributed by atoms with Crippen molar-refractivity contribution in [3.63, 3.8) is 0 Å². The molecule has 0 amide bonds. The number of nitrogens with two attached hydrogens (primary N) is 1. The standard InChI is InChI=1S/C12H24N2O/c1-9-6-7-14(8-12(9)15)11-4-2-10(13)3-5-11/h9-12,15H,2-8,13H2,1H3. The Morgan fingerprint density at radius 2 is 1.80 bits per heavy atom. The van der Waals surface area contributed by atoms with Crippen LogP contribution in [0.1, 0.15) is 39.0 Å². The highest BCUT2D eigenvalue weighted by atomic mass is 16.3. The lowest BCUT2D eigenvalue weighted by Gasteiger charge is -2.41. The van der Waals surface area contributed by atoms with E-state index in [1.807, 2.05) is 0 Å². The van der Waals surface area contributed by atoms with Crippen LogP contribution in [-0.2, 0) is 0 Å². The summed E-state index contributed by atoms with van der Waals surface area (Å²) < 4.78 is 0. The third-order valence-electron chi connectivity index (χ3n) is 4.21. The smallest absolute Gasteiger partial charge is 0.0693 e. The van der Waals surface area contributed by atoms with E-state index in [-0.39, 0.29) is 6.10 Å². The number of hydrogen-bond acceptors (Lipinski definition) is 3. The molecule has 2 atom stereocenters. The van der Waals surface area contributed by atoms with Gasteiger partial charge in [-0.1, -0.05) is 6.92 Å². The molecule has 88 valence electrons. The number of hydrogen-bond donors (Lipinski definition) is 2. The molecule has 2 fully saturated rings. The molecule has 3 nitrogen and oxygen atoms in total. The van der Waals surface area contributed by atoms with Crippen LogP contribution in [0.15, 0.2) is 0 Å². The van der Waals surface area contributed by atoms with E-state index < -0.39 is 0 Å². The lowest BCUT2D eigenvalue weighted by molar-refractivity contribution is 0.00168. The lowest BCUT2D eigenvalue weighted by Crippen LogP contribution is -2.49. The third-order valence-corrected chi connectivity index (χ3v) is 4.21. The molecule has 3 heteroatoms. The number of likely N-dealkylation sites (tertiary alicyclic amines) is 1. The molecule has 2 rings (SSSR count). The van der Waals surface area contributed by atoms with Gasteiger partial charge in [-0.25, -0.2) is 0 Å². The van der Waals surface area contributed by atoms with Gasteiger partial charge in [0.25, 0.3) is 0 Å². The topological polar surface area (TPSA) is 49.5 Å². The van der Waals surface area contributed by atoms with Crippen LogP contribution in [0.25, 0.3) is 0 Å². The zero-order valence-electron chi connectivity index (χ0n) is 9.73. The van der Waals surface area contributed by atoms with Crippen molar-refractivity contribution in [1.29, 1.82) is 0 Å². The van der Waals surface area contributed by atoms with Gasteiger partial charge in [0.15, 0.2) is 0 Å². The highest BCUT2D eigenvalue weighted by Gasteiger charge is 2.30. The Bertz CT molecular complexity index is 202. The first-order valence-electron chi connectivity index (χ1n) is 6.34. The van der Waals surface area contributed by atoms with Crippen molar-refractivity contribution in [3.8, 4) is 0 Å². The minimum absolute atomic E-state index is 0.116. The van der Waals surface area contributed by atoms with Crippen LogP contribution in [0.2, 0.25) is 0 Å². The summed E-state index contributed by atoms with van der Waals surface area (Å²) >= 11 is 0. The summed E-state index contributed by atoms with van der Waals surface area (Å²) in [5.41, 5.74) is 5.91. The Kier molecular flexibility index (Phi) is 3.65. The number of piperidine rings is 1. The van der Waals surface area contributed by atoms with Crippen molar-refractivity contribution in [2.24, 2.45) is 11.7 Å². The van der Waals surface area contributed by atoms with Crippen LogP contribution < -0.4 is 5.73 Å². The molecule has 1 saturated heterocycles. The summed E-state index contributed by atoms with van der Waals surface area (Å²) in [6.07, 6.45) is 5.79. The second kappa shape index (κ2) is 4.81. The molecule has 15 heavy (non-hydrogen) atoms. The molecule has 0 spiro atoms. The predicted molar refractivity (Wildman–Crippen MR) is 61.6 cm³/mol. The molecule has 2 aliphatic rings. The van der Waals surface area contributed by atoms with Crippen molar-refractivity contribution in [1.82, 2.24) is 4.90 Å². The molecule has 2 unspecified atom stereocenters. The molecule has 1 saturated carbocycles. The largest absolute Gasteiger partial charge is 0.392 e. The van der Waals surface area contributed by atoms with E-state index in [0.29, 0.717) is 18.0 Å². The van der Waals surface area contributed by atoms with Crippen molar-refractivity contribution in [2.75, 3.05) is 13.1 Å². The van der Waals surface area contributed by atoms with Crippen LogP contribution in [0.4, 0.5) is 0 Å². The molecular weight excluding hydrogens is 188 g/mol. The Labute approximate surface area is 92.6 Å². The average Bonchev–Trinajstić information content (AvgIpc) is 2.23. The van der Waals surface area contributed by atoms with Crippen LogP contribution >= 0.6 is 0 Å². The monoisotopic (exact) mass is 212 g/mol. The van der Waals surface area contributed by atoms with E-state index in [0.717, 1.165) is 32.4 Å². The zero-order chi connectivity index (χ0) is 10.8. The van der Waals surface area contributed by atoms with E-state index in [2.05, 4.69) is 11.8 Å². The SMILES string of the molecule is CC1CCN(C2CCC(N)CC2)CC1O. The van der Waals surface area contributed by atoms with Crippen LogP contribution in [0.5, 0.6) is 0 Å². The Balaban J connectivity index is 1.84. The molecule has 0 aromatic carbocycles. The number of aliphatic hydroxyl groups excluding tert-OH is 1. The molecule has 1 aliphatic heterocycles. The maximum atomic E-state index is 9.86. The van der Waals surface area contributed by atoms with Gasteiger partial charge in [0.05, 0.1) is 6.10 Å². The molecule has 0 radical (unpaired) electrons. The summed E-state index contributed by atoms with van der Waals surface area (Å²) in [4.78, 5) is 2.48. The van der Waals surface area contributed by atoms with E-state index in [9.17, 15) is 5.11 Å². The average molecular weight is 212 g/mol. The minimum Gasteiger partial charge on any atom is -0.392 e. The van der Waals surface area contributed by atoms with Crippen molar-refractivity contribution >= 4 is 0 Å². The summed E-state index contributed by atoms with van der Waals surface area (Å²) in [5.74, 6) is 0.479. The van der Waals surface area contributed by atoms with E-state index in [1.54, 1.807) is 0 Å². The lowest BCUT2D eigenvalue weighted by atomic mass is 9.88. The van der Waals surface area contributed by atoms with Gasteiger partial charge >= 0.3 is 0 Å². The summed E-state index contributed by atoms with van der Waals surface area (Å²) in [5, 5.41) is 9.86. The van der Waals surface area contributed by atoms with E-state index in [1.165, 1.54) is 12.8 Å². The van der Waals surface area contributed by atoms with E-state index >= 15 is 0 Å². The second-order valence-corrected chi connectivity index (χ2v) is 5.40. The molecule has 0 aromatic heterocycles. The summed E-state index contributed by atoms with van der Waals surface area (Å²) in [7, 11) is 0. The Morgan fingerprint density at radius 3 is 2.40 bits per heavy atom. The molecule has 0 bridgehead atoms. The number of β-amino-alcohol motifs (C(OH)–C–C–N with tert-alkyl or cyclic N) is 1. The first-order chi connectivity index (χ1) is 7.16. The normalized spacial score (nSPS) is 44.2. The molecular formula is C12H24N2O. The second-order valence-electron chi connectivity index (χ2n) is 5.40. The Morgan fingerprint density at radius 1 is 1.13 bits per heavy atom. The first kappa shape index (κ1) is 11.4. The van der Waals surface area contributed by atoms with Crippen molar-refractivity contribution in [2.45, 2.75) is 57.2 Å². The maximum absolute atomic E-state index is 9.86. The van der Waals surface area contributed by atoms with Gasteiger partial charge in [0, 0.05) is 18.6 Å². The Hall–Kier alpha value is -0.120. The maximum Gasteiger partial charge on any atom is 0.0693 e. The number of rotatable bonds is 1. The fraction of sp³-hybridized carbons (Fsp3) is 1.00. The number of aliphatic hydroxyl groups is 1. The summed E-state index contributed by atoms with van der Waals surface area (Å²) in [6, 6.07) is 1.11. The van der Waals surface area contributed by atoms with Gasteiger partial charge in [-0.3, -0.25) is 4.90 Å². The van der Waals surface area contributed by atoms with Gasteiger partial charge in [-0.05, 0) is 44.6 Å². The van der Waals surface area contributed by atoms with Crippen LogP contribution in [0.3, 0.4) is 0 Å². The zero-order valence-corrected chi connectivity index (χ0v) is 9.73. The highest BCUT2D eigenvalue weighted by molar-refractivity contribution is 4.86. The quantitative estimate of drug-likeness (QED) is 0.680. The van der Waals surface area contributed by atoms with Gasteiger partial charge in [-0.15, -0.1) is 0 Å². The fourth-order valence-corrected chi connectivity index (χ4v) is 2.87. The molecule has 1 heterocycles. The molecule has 3 N–H and O–H groups in total. The van der Waals surface area contributed by atoms with Crippen LogP contribution in [-0.4, -0.2) is 41.3 Å². The summed E-state index contributed by atoms with van der Waals surface area (Å²) in [6.45, 7) is 4.19. The fourth-order valence-electron chi connectivity index (χ4n) is 2.87. The first-order valence-corrected chi connectivity index (χ1v) is 6.34.